The van der Waals surface area contributed by atoms with Crippen molar-refractivity contribution in [2.75, 3.05) is 13.1 Å². The molecule has 4 nitrogen and oxygen atoms in total. The molecule has 0 bridgehead atoms. The molecule has 120 valence electrons. The van der Waals surface area contributed by atoms with Crippen molar-refractivity contribution < 1.29 is 0 Å². The topological polar surface area (TPSA) is 33.1 Å². The standard InChI is InChI=1S/C16H29BrN4/c1-6-13-15(17)14(20(5)19-13)10-21-11-16(7-2,8-3)18-9-12(21)4/h12,18H,6-11H2,1-5H3. The largest absolute Gasteiger partial charge is 0.308 e. The van der Waals surface area contributed by atoms with Crippen LogP contribution < -0.4 is 5.32 Å². The van der Waals surface area contributed by atoms with Gasteiger partial charge in [-0.15, -0.1) is 0 Å². The van der Waals surface area contributed by atoms with Crippen molar-refractivity contribution in [2.45, 2.75) is 65.1 Å². The fourth-order valence-electron chi connectivity index (χ4n) is 3.21. The van der Waals surface area contributed by atoms with Gasteiger partial charge in [-0.2, -0.15) is 5.10 Å². The molecule has 0 radical (unpaired) electrons. The van der Waals surface area contributed by atoms with Crippen LogP contribution in [0.3, 0.4) is 0 Å². The zero-order valence-electron chi connectivity index (χ0n) is 14.0. The van der Waals surface area contributed by atoms with E-state index in [1.165, 1.54) is 23.0 Å². The number of piperazine rings is 1. The first kappa shape index (κ1) is 17.0. The van der Waals surface area contributed by atoms with E-state index in [-0.39, 0.29) is 5.54 Å². The van der Waals surface area contributed by atoms with E-state index >= 15 is 0 Å². The van der Waals surface area contributed by atoms with Crippen LogP contribution >= 0.6 is 15.9 Å². The van der Waals surface area contributed by atoms with Crippen molar-refractivity contribution >= 4 is 15.9 Å². The Morgan fingerprint density at radius 3 is 2.52 bits per heavy atom. The van der Waals surface area contributed by atoms with Crippen LogP contribution in [0, 0.1) is 0 Å². The first-order chi connectivity index (χ1) is 9.96. The molecule has 1 aromatic rings. The molecule has 0 aromatic carbocycles. The molecule has 2 rings (SSSR count). The van der Waals surface area contributed by atoms with Crippen LogP contribution in [-0.2, 0) is 20.0 Å². The van der Waals surface area contributed by atoms with E-state index in [0.717, 1.165) is 31.7 Å². The Morgan fingerprint density at radius 2 is 2.00 bits per heavy atom. The zero-order chi connectivity index (χ0) is 15.6. The summed E-state index contributed by atoms with van der Waals surface area (Å²) in [6.07, 6.45) is 3.33. The Hall–Kier alpha value is -0.390. The van der Waals surface area contributed by atoms with Gasteiger partial charge in [-0.3, -0.25) is 9.58 Å². The summed E-state index contributed by atoms with van der Waals surface area (Å²) >= 11 is 3.75. The fourth-order valence-corrected chi connectivity index (χ4v) is 3.95. The molecule has 1 saturated heterocycles. The molecule has 2 heterocycles. The first-order valence-electron chi connectivity index (χ1n) is 8.15. The van der Waals surface area contributed by atoms with E-state index in [0.29, 0.717) is 6.04 Å². The number of hydrogen-bond donors (Lipinski definition) is 1. The Morgan fingerprint density at radius 1 is 1.33 bits per heavy atom. The fraction of sp³-hybridized carbons (Fsp3) is 0.812. The van der Waals surface area contributed by atoms with Gasteiger partial charge in [0.15, 0.2) is 0 Å². The van der Waals surface area contributed by atoms with Gasteiger partial charge in [0.25, 0.3) is 0 Å². The highest BCUT2D eigenvalue weighted by molar-refractivity contribution is 9.10. The molecular formula is C16H29BrN4. The van der Waals surface area contributed by atoms with Gasteiger partial charge >= 0.3 is 0 Å². The van der Waals surface area contributed by atoms with Gasteiger partial charge in [0.1, 0.15) is 0 Å². The van der Waals surface area contributed by atoms with Crippen LogP contribution in [0.1, 0.15) is 51.9 Å². The molecule has 0 amide bonds. The lowest BCUT2D eigenvalue weighted by molar-refractivity contribution is 0.0724. The summed E-state index contributed by atoms with van der Waals surface area (Å²) < 4.78 is 3.23. The predicted molar refractivity (Wildman–Crippen MR) is 91.5 cm³/mol. The predicted octanol–water partition coefficient (Wildman–Crippen LogP) is 3.10. The highest BCUT2D eigenvalue weighted by atomic mass is 79.9. The van der Waals surface area contributed by atoms with Crippen LogP contribution in [-0.4, -0.2) is 39.4 Å². The van der Waals surface area contributed by atoms with Gasteiger partial charge < -0.3 is 5.32 Å². The lowest BCUT2D eigenvalue weighted by Gasteiger charge is -2.46. The third kappa shape index (κ3) is 3.35. The molecule has 0 aliphatic carbocycles. The third-order valence-electron chi connectivity index (χ3n) is 5.11. The Bertz CT molecular complexity index is 479. The lowest BCUT2D eigenvalue weighted by atomic mass is 9.88. The van der Waals surface area contributed by atoms with E-state index in [4.69, 9.17) is 0 Å². The second kappa shape index (κ2) is 6.80. The van der Waals surface area contributed by atoms with Crippen molar-refractivity contribution in [2.24, 2.45) is 7.05 Å². The van der Waals surface area contributed by atoms with Crippen LogP contribution in [0.5, 0.6) is 0 Å². The minimum absolute atomic E-state index is 0.269. The maximum atomic E-state index is 4.62. The van der Waals surface area contributed by atoms with Crippen molar-refractivity contribution in [3.8, 4) is 0 Å². The van der Waals surface area contributed by atoms with E-state index in [1.807, 2.05) is 4.68 Å². The monoisotopic (exact) mass is 356 g/mol. The molecule has 1 fully saturated rings. The normalized spacial score (nSPS) is 22.7. The zero-order valence-corrected chi connectivity index (χ0v) is 15.6. The average Bonchev–Trinajstić information content (AvgIpc) is 2.77. The maximum Gasteiger partial charge on any atom is 0.0767 e. The number of aromatic nitrogens is 2. The third-order valence-corrected chi connectivity index (χ3v) is 6.03. The summed E-state index contributed by atoms with van der Waals surface area (Å²) in [5, 5.41) is 8.39. The van der Waals surface area contributed by atoms with E-state index in [1.54, 1.807) is 0 Å². The minimum atomic E-state index is 0.269. The second-order valence-corrected chi connectivity index (χ2v) is 7.10. The Balaban J connectivity index is 2.19. The average molecular weight is 357 g/mol. The summed E-state index contributed by atoms with van der Waals surface area (Å²) in [5.74, 6) is 0. The van der Waals surface area contributed by atoms with Gasteiger partial charge in [-0.05, 0) is 42.1 Å². The second-order valence-electron chi connectivity index (χ2n) is 6.31. The molecule has 5 heteroatoms. The number of aryl methyl sites for hydroxylation is 2. The molecular weight excluding hydrogens is 328 g/mol. The number of nitrogens with zero attached hydrogens (tertiary/aromatic N) is 3. The minimum Gasteiger partial charge on any atom is -0.308 e. The van der Waals surface area contributed by atoms with Gasteiger partial charge in [-0.25, -0.2) is 0 Å². The van der Waals surface area contributed by atoms with E-state index in [2.05, 4.69) is 66.0 Å². The van der Waals surface area contributed by atoms with Crippen molar-refractivity contribution in [1.82, 2.24) is 20.0 Å². The van der Waals surface area contributed by atoms with Crippen molar-refractivity contribution in [3.05, 3.63) is 15.9 Å². The van der Waals surface area contributed by atoms with Gasteiger partial charge in [0.2, 0.25) is 0 Å². The van der Waals surface area contributed by atoms with Gasteiger partial charge in [0.05, 0.1) is 15.9 Å². The van der Waals surface area contributed by atoms with E-state index in [9.17, 15) is 0 Å². The molecule has 1 aromatic heterocycles. The van der Waals surface area contributed by atoms with Crippen LogP contribution in [0.4, 0.5) is 0 Å². The summed E-state index contributed by atoms with van der Waals surface area (Å²) in [7, 11) is 2.05. The summed E-state index contributed by atoms with van der Waals surface area (Å²) in [4.78, 5) is 2.60. The summed E-state index contributed by atoms with van der Waals surface area (Å²) in [6, 6.07) is 0.558. The quantitative estimate of drug-likeness (QED) is 0.879. The van der Waals surface area contributed by atoms with Crippen molar-refractivity contribution in [3.63, 3.8) is 0 Å². The lowest BCUT2D eigenvalue weighted by Crippen LogP contribution is -2.62. The highest BCUT2D eigenvalue weighted by Gasteiger charge is 2.35. The van der Waals surface area contributed by atoms with Crippen LogP contribution in [0.2, 0.25) is 0 Å². The summed E-state index contributed by atoms with van der Waals surface area (Å²) in [5.41, 5.74) is 2.72. The molecule has 1 aliphatic rings. The SMILES string of the molecule is CCc1nn(C)c(CN2CC(CC)(CC)NCC2C)c1Br. The molecule has 0 spiro atoms. The number of halogens is 1. The van der Waals surface area contributed by atoms with Crippen molar-refractivity contribution in [1.29, 1.82) is 0 Å². The van der Waals surface area contributed by atoms with Gasteiger partial charge in [0, 0.05) is 38.3 Å². The van der Waals surface area contributed by atoms with Gasteiger partial charge in [-0.1, -0.05) is 20.8 Å². The molecule has 1 atom stereocenters. The number of nitrogens with one attached hydrogen (secondary N) is 1. The number of rotatable bonds is 5. The Labute approximate surface area is 137 Å². The first-order valence-corrected chi connectivity index (χ1v) is 8.95. The summed E-state index contributed by atoms with van der Waals surface area (Å²) in [6.45, 7) is 12.2. The molecule has 0 saturated carbocycles. The molecule has 1 unspecified atom stereocenters. The highest BCUT2D eigenvalue weighted by Crippen LogP contribution is 2.27. The number of hydrogen-bond acceptors (Lipinski definition) is 3. The molecule has 21 heavy (non-hydrogen) atoms. The maximum absolute atomic E-state index is 4.62. The Kier molecular flexibility index (Phi) is 5.49. The van der Waals surface area contributed by atoms with Crippen LogP contribution in [0.15, 0.2) is 4.47 Å². The van der Waals surface area contributed by atoms with E-state index < -0.39 is 0 Å². The molecule has 1 N–H and O–H groups in total. The van der Waals surface area contributed by atoms with Crippen LogP contribution in [0.25, 0.3) is 0 Å². The smallest absolute Gasteiger partial charge is 0.0767 e. The molecule has 1 aliphatic heterocycles.